The lowest BCUT2D eigenvalue weighted by molar-refractivity contribution is -0.140. The Morgan fingerprint density at radius 3 is 2.10 bits per heavy atom. The molecule has 39 heavy (non-hydrogen) atoms. The van der Waals surface area contributed by atoms with Crippen molar-refractivity contribution in [3.63, 3.8) is 0 Å². The quantitative estimate of drug-likeness (QED) is 0.296. The Kier molecular flexibility index (Phi) is 10.4. The van der Waals surface area contributed by atoms with Gasteiger partial charge < -0.3 is 10.2 Å². The molecule has 208 valence electrons. The Balaban J connectivity index is 2.08. The maximum absolute atomic E-state index is 14.1. The molecule has 0 aliphatic carbocycles. The van der Waals surface area contributed by atoms with Gasteiger partial charge in [-0.1, -0.05) is 60.1 Å². The molecule has 0 heterocycles. The Morgan fingerprint density at radius 2 is 1.54 bits per heavy atom. The van der Waals surface area contributed by atoms with Gasteiger partial charge in [-0.3, -0.25) is 13.9 Å². The number of rotatable bonds is 10. The Labute approximate surface area is 249 Å². The van der Waals surface area contributed by atoms with Gasteiger partial charge in [0.25, 0.3) is 0 Å². The van der Waals surface area contributed by atoms with E-state index < -0.39 is 34.1 Å². The first-order valence-electron chi connectivity index (χ1n) is 12.4. The molecule has 0 fully saturated rings. The molecule has 2 amide bonds. The van der Waals surface area contributed by atoms with Gasteiger partial charge in [0.15, 0.2) is 0 Å². The molecular weight excluding hydrogens is 649 g/mol. The minimum Gasteiger partial charge on any atom is -0.350 e. The smallest absolute Gasteiger partial charge is 0.244 e. The summed E-state index contributed by atoms with van der Waals surface area (Å²) in [7, 11) is -3.82. The van der Waals surface area contributed by atoms with Crippen molar-refractivity contribution >= 4 is 61.7 Å². The Morgan fingerprint density at radius 1 is 0.949 bits per heavy atom. The van der Waals surface area contributed by atoms with E-state index in [4.69, 9.17) is 11.6 Å². The first-order chi connectivity index (χ1) is 18.2. The fourth-order valence-electron chi connectivity index (χ4n) is 4.04. The van der Waals surface area contributed by atoms with E-state index in [1.54, 1.807) is 48.5 Å². The molecule has 0 aromatic heterocycles. The molecular formula is C29H33ClIN3O4S. The molecule has 0 saturated carbocycles. The summed E-state index contributed by atoms with van der Waals surface area (Å²) < 4.78 is 27.6. The summed E-state index contributed by atoms with van der Waals surface area (Å²) in [6.07, 6.45) is 1.30. The first-order valence-corrected chi connectivity index (χ1v) is 15.7. The van der Waals surface area contributed by atoms with Crippen molar-refractivity contribution in [3.8, 4) is 0 Å². The zero-order valence-corrected chi connectivity index (χ0v) is 26.1. The van der Waals surface area contributed by atoms with Crippen LogP contribution in [0.3, 0.4) is 0 Å². The van der Waals surface area contributed by atoms with Crippen molar-refractivity contribution < 1.29 is 18.0 Å². The molecule has 0 radical (unpaired) electrons. The molecule has 0 spiro atoms. The molecule has 3 aromatic carbocycles. The predicted molar refractivity (Wildman–Crippen MR) is 165 cm³/mol. The highest BCUT2D eigenvalue weighted by Gasteiger charge is 2.34. The molecule has 3 aromatic rings. The van der Waals surface area contributed by atoms with E-state index in [1.165, 1.54) is 4.90 Å². The monoisotopic (exact) mass is 681 g/mol. The van der Waals surface area contributed by atoms with E-state index >= 15 is 0 Å². The number of hydrogen-bond acceptors (Lipinski definition) is 4. The van der Waals surface area contributed by atoms with Crippen LogP contribution in [0.5, 0.6) is 0 Å². The molecule has 1 unspecified atom stereocenters. The lowest BCUT2D eigenvalue weighted by atomic mass is 10.0. The average Bonchev–Trinajstić information content (AvgIpc) is 2.85. The van der Waals surface area contributed by atoms with Crippen LogP contribution < -0.4 is 9.62 Å². The first kappa shape index (κ1) is 30.9. The van der Waals surface area contributed by atoms with E-state index in [0.717, 1.165) is 19.7 Å². The van der Waals surface area contributed by atoms with Crippen molar-refractivity contribution in [2.45, 2.75) is 45.3 Å². The van der Waals surface area contributed by atoms with Crippen LogP contribution in [-0.4, -0.2) is 49.5 Å². The molecule has 0 bridgehead atoms. The molecule has 0 aliphatic heterocycles. The second kappa shape index (κ2) is 13.1. The highest BCUT2D eigenvalue weighted by Crippen LogP contribution is 2.23. The van der Waals surface area contributed by atoms with Gasteiger partial charge in [-0.2, -0.15) is 0 Å². The number of anilines is 1. The summed E-state index contributed by atoms with van der Waals surface area (Å²) in [5, 5.41) is 3.45. The van der Waals surface area contributed by atoms with Gasteiger partial charge >= 0.3 is 0 Å². The Hall–Kier alpha value is -2.63. The summed E-state index contributed by atoms with van der Waals surface area (Å²) in [6.45, 7) is 5.16. The number of carbonyl (C=O) groups is 2. The molecule has 1 atom stereocenters. The molecule has 0 saturated heterocycles. The number of amides is 2. The van der Waals surface area contributed by atoms with Crippen molar-refractivity contribution in [1.82, 2.24) is 10.2 Å². The maximum Gasteiger partial charge on any atom is 0.244 e. The number of carbonyl (C=O) groups excluding carboxylic acids is 2. The number of hydrogen-bond donors (Lipinski definition) is 1. The van der Waals surface area contributed by atoms with E-state index in [-0.39, 0.29) is 18.9 Å². The summed E-state index contributed by atoms with van der Waals surface area (Å²) in [4.78, 5) is 29.2. The third-order valence-electron chi connectivity index (χ3n) is 5.86. The molecule has 0 aliphatic rings. The third kappa shape index (κ3) is 9.22. The average molecular weight is 682 g/mol. The highest BCUT2D eigenvalue weighted by atomic mass is 127. The minimum absolute atomic E-state index is 0.0257. The topological polar surface area (TPSA) is 86.8 Å². The van der Waals surface area contributed by atoms with Crippen LogP contribution in [0, 0.1) is 3.57 Å². The fraction of sp³-hybridized carbons (Fsp3) is 0.310. The van der Waals surface area contributed by atoms with Crippen LogP contribution >= 0.6 is 34.2 Å². The zero-order valence-electron chi connectivity index (χ0n) is 22.4. The normalized spacial score (nSPS) is 12.5. The third-order valence-corrected chi connectivity index (χ3v) is 8.09. The van der Waals surface area contributed by atoms with Crippen LogP contribution in [0.2, 0.25) is 5.02 Å². The van der Waals surface area contributed by atoms with Gasteiger partial charge in [0.1, 0.15) is 12.6 Å². The second-order valence-electron chi connectivity index (χ2n) is 10.3. The van der Waals surface area contributed by atoms with Crippen molar-refractivity contribution in [1.29, 1.82) is 0 Å². The number of sulfonamides is 1. The standard InChI is InChI=1S/C29H33ClIN3O4S/c1-29(2,3)32-28(36)26(18-21-10-6-5-7-11-21)33(19-22-12-8-9-13-25(22)30)27(35)20-34(39(4,37)38)24-16-14-23(31)15-17-24/h5-17,26H,18-20H2,1-4H3,(H,32,36). The highest BCUT2D eigenvalue weighted by molar-refractivity contribution is 14.1. The number of halogens is 2. The number of nitrogens with one attached hydrogen (secondary N) is 1. The van der Waals surface area contributed by atoms with Crippen LogP contribution in [0.4, 0.5) is 5.69 Å². The van der Waals surface area contributed by atoms with Crippen molar-refractivity contribution in [2.75, 3.05) is 17.1 Å². The van der Waals surface area contributed by atoms with Gasteiger partial charge in [0, 0.05) is 27.1 Å². The van der Waals surface area contributed by atoms with E-state index in [2.05, 4.69) is 27.9 Å². The van der Waals surface area contributed by atoms with Gasteiger partial charge in [-0.15, -0.1) is 0 Å². The lowest BCUT2D eigenvalue weighted by Gasteiger charge is -2.35. The van der Waals surface area contributed by atoms with Crippen molar-refractivity contribution in [2.24, 2.45) is 0 Å². The fourth-order valence-corrected chi connectivity index (χ4v) is 5.44. The van der Waals surface area contributed by atoms with E-state index in [0.29, 0.717) is 16.3 Å². The molecule has 1 N–H and O–H groups in total. The van der Waals surface area contributed by atoms with Crippen LogP contribution in [-0.2, 0) is 32.6 Å². The summed E-state index contributed by atoms with van der Waals surface area (Å²) in [5.41, 5.74) is 1.32. The van der Waals surface area contributed by atoms with E-state index in [9.17, 15) is 18.0 Å². The number of benzene rings is 3. The minimum atomic E-state index is -3.82. The SMILES string of the molecule is CC(C)(C)NC(=O)C(Cc1ccccc1)N(Cc1ccccc1Cl)C(=O)CN(c1ccc(I)cc1)S(C)(=O)=O. The predicted octanol–water partition coefficient (Wildman–Crippen LogP) is 5.27. The summed E-state index contributed by atoms with van der Waals surface area (Å²) in [5.74, 6) is -0.865. The zero-order chi connectivity index (χ0) is 28.8. The second-order valence-corrected chi connectivity index (χ2v) is 13.9. The van der Waals surface area contributed by atoms with Gasteiger partial charge in [-0.05, 0) is 84.8 Å². The lowest BCUT2D eigenvalue weighted by Crippen LogP contribution is -2.56. The largest absolute Gasteiger partial charge is 0.350 e. The summed E-state index contributed by atoms with van der Waals surface area (Å²) in [6, 6.07) is 22.4. The molecule has 7 nitrogen and oxygen atoms in total. The van der Waals surface area contributed by atoms with Crippen LogP contribution in [0.15, 0.2) is 78.9 Å². The van der Waals surface area contributed by atoms with Gasteiger partial charge in [0.2, 0.25) is 21.8 Å². The number of nitrogens with zero attached hydrogens (tertiary/aromatic N) is 2. The summed E-state index contributed by atoms with van der Waals surface area (Å²) >= 11 is 8.60. The van der Waals surface area contributed by atoms with Crippen LogP contribution in [0.25, 0.3) is 0 Å². The Bertz CT molecular complexity index is 1390. The van der Waals surface area contributed by atoms with E-state index in [1.807, 2.05) is 51.1 Å². The molecule has 3 rings (SSSR count). The van der Waals surface area contributed by atoms with Gasteiger partial charge in [0.05, 0.1) is 11.9 Å². The molecule has 10 heteroatoms. The van der Waals surface area contributed by atoms with Crippen LogP contribution in [0.1, 0.15) is 31.9 Å². The van der Waals surface area contributed by atoms with Gasteiger partial charge in [-0.25, -0.2) is 8.42 Å². The van der Waals surface area contributed by atoms with Crippen molar-refractivity contribution in [3.05, 3.63) is 98.6 Å². The maximum atomic E-state index is 14.1.